The van der Waals surface area contributed by atoms with E-state index in [0.29, 0.717) is 0 Å². The number of rotatable bonds is 0. The first-order valence-corrected chi connectivity index (χ1v) is 5.36. The molecule has 1 N–H and O–H groups in total. The maximum atomic E-state index is 10.2. The Morgan fingerprint density at radius 2 is 1.67 bits per heavy atom. The Morgan fingerprint density at radius 3 is 2.08 bits per heavy atom. The third-order valence-corrected chi connectivity index (χ3v) is 4.40. The van der Waals surface area contributed by atoms with Gasteiger partial charge in [-0.1, -0.05) is 0 Å². The van der Waals surface area contributed by atoms with E-state index in [0.717, 1.165) is 43.9 Å². The quantitative estimate of drug-likeness (QED) is 0.576. The molecule has 4 atom stereocenters. The van der Waals surface area contributed by atoms with E-state index < -0.39 is 0 Å². The lowest BCUT2D eigenvalue weighted by molar-refractivity contribution is -0.115. The van der Waals surface area contributed by atoms with Crippen LogP contribution in [0.4, 0.5) is 0 Å². The molecular formula is C10H15ClO. The van der Waals surface area contributed by atoms with Crippen molar-refractivity contribution in [3.8, 4) is 0 Å². The van der Waals surface area contributed by atoms with Gasteiger partial charge in [-0.15, -0.1) is 11.6 Å². The number of halogens is 1. The van der Waals surface area contributed by atoms with Crippen LogP contribution in [0.25, 0.3) is 0 Å². The molecule has 4 bridgehead atoms. The Kier molecular flexibility index (Phi) is 1.28. The van der Waals surface area contributed by atoms with Crippen LogP contribution in [-0.2, 0) is 0 Å². The maximum absolute atomic E-state index is 10.2. The van der Waals surface area contributed by atoms with Crippen LogP contribution in [0.5, 0.6) is 0 Å². The van der Waals surface area contributed by atoms with Crippen LogP contribution in [0.3, 0.4) is 0 Å². The van der Waals surface area contributed by atoms with Crippen molar-refractivity contribution in [2.45, 2.75) is 49.0 Å². The van der Waals surface area contributed by atoms with Crippen molar-refractivity contribution in [3.05, 3.63) is 0 Å². The van der Waals surface area contributed by atoms with Gasteiger partial charge in [-0.2, -0.15) is 0 Å². The highest BCUT2D eigenvalue weighted by molar-refractivity contribution is 6.24. The van der Waals surface area contributed by atoms with Gasteiger partial charge in [0.2, 0.25) is 0 Å². The number of aliphatic hydroxyl groups is 1. The van der Waals surface area contributed by atoms with E-state index in [1.807, 2.05) is 0 Å². The number of hydrogen-bond acceptors (Lipinski definition) is 1. The molecule has 0 aromatic rings. The minimum Gasteiger partial charge on any atom is -0.390 e. The molecule has 4 aliphatic rings. The normalized spacial score (nSPS) is 62.5. The minimum atomic E-state index is -0.369. The summed E-state index contributed by atoms with van der Waals surface area (Å²) < 4.78 is 0. The van der Waals surface area contributed by atoms with E-state index in [1.54, 1.807) is 0 Å². The fraction of sp³-hybridized carbons (Fsp3) is 1.00. The van der Waals surface area contributed by atoms with Gasteiger partial charge in [0, 0.05) is 4.87 Å². The highest BCUT2D eigenvalue weighted by atomic mass is 35.5. The second kappa shape index (κ2) is 2.01. The van der Waals surface area contributed by atoms with Gasteiger partial charge in [-0.25, -0.2) is 0 Å². The summed E-state index contributed by atoms with van der Waals surface area (Å²) in [5, 5.41) is 10.2. The largest absolute Gasteiger partial charge is 0.390 e. The summed E-state index contributed by atoms with van der Waals surface area (Å²) >= 11 is 6.46. The van der Waals surface area contributed by atoms with Crippen LogP contribution in [0.2, 0.25) is 0 Å². The third-order valence-electron chi connectivity index (χ3n) is 3.96. The molecule has 0 aliphatic heterocycles. The van der Waals surface area contributed by atoms with Crippen molar-refractivity contribution in [3.63, 3.8) is 0 Å². The average Bonchev–Trinajstić information content (AvgIpc) is 1.75. The fourth-order valence-corrected chi connectivity index (χ4v) is 4.79. The zero-order chi connectivity index (χ0) is 8.40. The highest BCUT2D eigenvalue weighted by Crippen LogP contribution is 2.59. The monoisotopic (exact) mass is 186 g/mol. The van der Waals surface area contributed by atoms with E-state index in [4.69, 9.17) is 11.6 Å². The molecule has 0 amide bonds. The van der Waals surface area contributed by atoms with Crippen molar-refractivity contribution in [2.24, 2.45) is 11.8 Å². The summed E-state index contributed by atoms with van der Waals surface area (Å²) in [5.41, 5.74) is -0.369. The van der Waals surface area contributed by atoms with Crippen molar-refractivity contribution < 1.29 is 5.11 Å². The first-order valence-electron chi connectivity index (χ1n) is 4.98. The summed E-state index contributed by atoms with van der Waals surface area (Å²) in [4.78, 5) is -0.0150. The Balaban J connectivity index is 1.98. The Morgan fingerprint density at radius 1 is 1.08 bits per heavy atom. The number of hydrogen-bond donors (Lipinski definition) is 1. The summed E-state index contributed by atoms with van der Waals surface area (Å²) in [7, 11) is 0. The van der Waals surface area contributed by atoms with Gasteiger partial charge >= 0.3 is 0 Å². The van der Waals surface area contributed by atoms with Crippen molar-refractivity contribution >= 4 is 11.6 Å². The molecule has 4 fully saturated rings. The van der Waals surface area contributed by atoms with E-state index >= 15 is 0 Å². The minimum absolute atomic E-state index is 0.0150. The van der Waals surface area contributed by atoms with Crippen LogP contribution >= 0.6 is 11.6 Å². The summed E-state index contributed by atoms with van der Waals surface area (Å²) in [5.74, 6) is 1.46. The van der Waals surface area contributed by atoms with Gasteiger partial charge in [0.25, 0.3) is 0 Å². The number of alkyl halides is 1. The third kappa shape index (κ3) is 0.958. The molecule has 0 heterocycles. The summed E-state index contributed by atoms with van der Waals surface area (Å²) in [6, 6.07) is 0. The van der Waals surface area contributed by atoms with Crippen LogP contribution < -0.4 is 0 Å². The SMILES string of the molecule is OC12C[C@H]3C[C@@H](C1)CC(Cl)(C3)C2. The highest BCUT2D eigenvalue weighted by Gasteiger charge is 2.56. The molecule has 68 valence electrons. The Hall–Kier alpha value is 0.250. The summed E-state index contributed by atoms with van der Waals surface area (Å²) in [6.45, 7) is 0. The molecular weight excluding hydrogens is 172 g/mol. The smallest absolute Gasteiger partial charge is 0.0669 e. The molecule has 12 heavy (non-hydrogen) atoms. The van der Waals surface area contributed by atoms with Crippen LogP contribution in [0.1, 0.15) is 38.5 Å². The van der Waals surface area contributed by atoms with E-state index in [2.05, 4.69) is 0 Å². The molecule has 2 heteroatoms. The lowest BCUT2D eigenvalue weighted by Gasteiger charge is -2.57. The molecule has 0 spiro atoms. The predicted octanol–water partition coefficient (Wildman–Crippen LogP) is 2.31. The molecule has 0 radical (unpaired) electrons. The van der Waals surface area contributed by atoms with Gasteiger partial charge in [0.1, 0.15) is 0 Å². The second-order valence-corrected chi connectivity index (χ2v) is 6.14. The zero-order valence-corrected chi connectivity index (χ0v) is 7.98. The maximum Gasteiger partial charge on any atom is 0.0669 e. The fourth-order valence-electron chi connectivity index (χ4n) is 4.10. The van der Waals surface area contributed by atoms with Crippen LogP contribution in [0.15, 0.2) is 0 Å². The predicted molar refractivity (Wildman–Crippen MR) is 48.2 cm³/mol. The van der Waals surface area contributed by atoms with Gasteiger partial charge < -0.3 is 5.11 Å². The van der Waals surface area contributed by atoms with Crippen LogP contribution in [-0.4, -0.2) is 15.6 Å². The van der Waals surface area contributed by atoms with E-state index in [1.165, 1.54) is 6.42 Å². The Bertz CT molecular complexity index is 192. The van der Waals surface area contributed by atoms with Gasteiger partial charge in [-0.3, -0.25) is 0 Å². The van der Waals surface area contributed by atoms with Gasteiger partial charge in [0.15, 0.2) is 0 Å². The first kappa shape index (κ1) is 7.64. The molecule has 0 saturated heterocycles. The molecule has 4 rings (SSSR count). The molecule has 4 saturated carbocycles. The van der Waals surface area contributed by atoms with E-state index in [-0.39, 0.29) is 10.5 Å². The van der Waals surface area contributed by atoms with Crippen LogP contribution in [0, 0.1) is 11.8 Å². The standard InChI is InChI=1S/C10H15ClO/c11-9-2-7-1-8(3-9)5-10(12,4-7)6-9/h7-8,12H,1-6H2/t7-,8+,9?,10?. The van der Waals surface area contributed by atoms with E-state index in [9.17, 15) is 5.11 Å². The lowest BCUT2D eigenvalue weighted by Crippen LogP contribution is -2.56. The molecule has 2 unspecified atom stereocenters. The lowest BCUT2D eigenvalue weighted by atomic mass is 9.54. The first-order chi connectivity index (χ1) is 5.57. The molecule has 0 aromatic carbocycles. The van der Waals surface area contributed by atoms with Crippen molar-refractivity contribution in [2.75, 3.05) is 0 Å². The summed E-state index contributed by atoms with van der Waals surface area (Å²) in [6.07, 6.45) is 6.56. The Labute approximate surface area is 78.1 Å². The second-order valence-electron chi connectivity index (χ2n) is 5.34. The van der Waals surface area contributed by atoms with Crippen molar-refractivity contribution in [1.82, 2.24) is 0 Å². The van der Waals surface area contributed by atoms with Crippen molar-refractivity contribution in [1.29, 1.82) is 0 Å². The average molecular weight is 187 g/mol. The van der Waals surface area contributed by atoms with Gasteiger partial charge in [0.05, 0.1) is 5.60 Å². The molecule has 4 aliphatic carbocycles. The topological polar surface area (TPSA) is 20.2 Å². The van der Waals surface area contributed by atoms with Gasteiger partial charge in [-0.05, 0) is 50.4 Å². The molecule has 0 aromatic heterocycles. The zero-order valence-electron chi connectivity index (χ0n) is 7.22. The molecule has 1 nitrogen and oxygen atoms in total.